The zero-order chi connectivity index (χ0) is 11.7. The van der Waals surface area contributed by atoms with Crippen LogP contribution in [0.15, 0.2) is 40.0 Å². The van der Waals surface area contributed by atoms with Crippen molar-refractivity contribution in [3.05, 3.63) is 41.8 Å². The highest BCUT2D eigenvalue weighted by Crippen LogP contribution is 2.37. The summed E-state index contributed by atoms with van der Waals surface area (Å²) in [4.78, 5) is 15.2. The minimum Gasteiger partial charge on any atom is -0.345 e. The molecule has 0 radical (unpaired) electrons. The molecule has 5 heteroatoms. The number of carbonyl (C=O) groups excluding carboxylic acids is 1. The van der Waals surface area contributed by atoms with Gasteiger partial charge in [-0.25, -0.2) is 4.99 Å². The maximum atomic E-state index is 10.9. The van der Waals surface area contributed by atoms with Gasteiger partial charge in [0.15, 0.2) is 6.29 Å². The lowest BCUT2D eigenvalue weighted by Gasteiger charge is -2.20. The molecular weight excluding hydrogens is 218 g/mol. The van der Waals surface area contributed by atoms with Crippen LogP contribution in [-0.4, -0.2) is 22.4 Å². The number of hydrogen-bond acceptors (Lipinski definition) is 5. The van der Waals surface area contributed by atoms with Crippen molar-refractivity contribution in [1.82, 2.24) is 10.4 Å². The number of fused-ring (bicyclic) bond motifs is 1. The van der Waals surface area contributed by atoms with Crippen molar-refractivity contribution in [3.63, 3.8) is 0 Å². The Morgan fingerprint density at radius 2 is 2.24 bits per heavy atom. The first-order valence-electron chi connectivity index (χ1n) is 5.27. The van der Waals surface area contributed by atoms with E-state index < -0.39 is 0 Å². The SMILES string of the molecule is O=CC1=Nc2ccccc2C(c2conn2)C1. The number of para-hydroxylation sites is 1. The molecule has 2 aromatic rings. The van der Waals surface area contributed by atoms with Crippen LogP contribution in [0, 0.1) is 0 Å². The zero-order valence-corrected chi connectivity index (χ0v) is 8.91. The van der Waals surface area contributed by atoms with E-state index in [0.717, 1.165) is 23.2 Å². The van der Waals surface area contributed by atoms with Crippen LogP contribution in [0.1, 0.15) is 23.6 Å². The third kappa shape index (κ3) is 1.65. The third-order valence-corrected chi connectivity index (χ3v) is 2.86. The molecule has 5 nitrogen and oxygen atoms in total. The van der Waals surface area contributed by atoms with Crippen molar-refractivity contribution in [2.24, 2.45) is 4.99 Å². The second kappa shape index (κ2) is 3.93. The van der Waals surface area contributed by atoms with Crippen LogP contribution >= 0.6 is 0 Å². The lowest BCUT2D eigenvalue weighted by molar-refractivity contribution is -0.102. The summed E-state index contributed by atoms with van der Waals surface area (Å²) in [5.74, 6) is -0.00449. The summed E-state index contributed by atoms with van der Waals surface area (Å²) in [6.07, 6.45) is 2.83. The van der Waals surface area contributed by atoms with Crippen LogP contribution in [0.2, 0.25) is 0 Å². The van der Waals surface area contributed by atoms with Crippen molar-refractivity contribution >= 4 is 17.7 Å². The number of aliphatic imine (C=N–C) groups is 1. The molecule has 1 aromatic heterocycles. The van der Waals surface area contributed by atoms with E-state index in [0.29, 0.717) is 12.1 Å². The molecule has 17 heavy (non-hydrogen) atoms. The molecule has 0 N–H and O–H groups in total. The molecule has 1 aliphatic heterocycles. The highest BCUT2D eigenvalue weighted by Gasteiger charge is 2.26. The lowest BCUT2D eigenvalue weighted by atomic mass is 9.88. The fraction of sp³-hybridized carbons (Fsp3) is 0.167. The fourth-order valence-corrected chi connectivity index (χ4v) is 2.07. The first-order valence-corrected chi connectivity index (χ1v) is 5.27. The Bertz CT molecular complexity index is 575. The van der Waals surface area contributed by atoms with Gasteiger partial charge in [-0.2, -0.15) is 0 Å². The van der Waals surface area contributed by atoms with E-state index in [4.69, 9.17) is 4.52 Å². The molecule has 0 aliphatic carbocycles. The summed E-state index contributed by atoms with van der Waals surface area (Å²) in [6, 6.07) is 7.72. The summed E-state index contributed by atoms with van der Waals surface area (Å²) in [6.45, 7) is 0. The van der Waals surface area contributed by atoms with Crippen LogP contribution in [0.3, 0.4) is 0 Å². The number of aromatic nitrogens is 2. The summed E-state index contributed by atoms with van der Waals surface area (Å²) in [5, 5.41) is 7.39. The average molecular weight is 227 g/mol. The average Bonchev–Trinajstić information content (AvgIpc) is 2.91. The molecule has 3 rings (SSSR count). The normalized spacial score (nSPS) is 18.4. The van der Waals surface area contributed by atoms with E-state index in [2.05, 4.69) is 15.4 Å². The smallest absolute Gasteiger partial charge is 0.164 e. The number of aldehydes is 1. The highest BCUT2D eigenvalue weighted by molar-refractivity contribution is 6.29. The Balaban J connectivity index is 2.13. The maximum absolute atomic E-state index is 10.9. The van der Waals surface area contributed by atoms with E-state index >= 15 is 0 Å². The van der Waals surface area contributed by atoms with Crippen LogP contribution in [0.25, 0.3) is 0 Å². The van der Waals surface area contributed by atoms with Gasteiger partial charge in [0.05, 0.1) is 11.4 Å². The third-order valence-electron chi connectivity index (χ3n) is 2.86. The van der Waals surface area contributed by atoms with Gasteiger partial charge in [-0.15, -0.1) is 5.10 Å². The standard InChI is InChI=1S/C12H9N3O2/c16-6-8-5-10(12-7-17-15-14-12)9-3-1-2-4-11(9)13-8/h1-4,6-7,10H,5H2. The van der Waals surface area contributed by atoms with Gasteiger partial charge in [0, 0.05) is 17.6 Å². The predicted molar refractivity (Wildman–Crippen MR) is 60.4 cm³/mol. The molecule has 1 aliphatic rings. The molecule has 1 atom stereocenters. The molecule has 84 valence electrons. The summed E-state index contributed by atoms with van der Waals surface area (Å²) < 4.78 is 4.76. The first kappa shape index (κ1) is 9.89. The topological polar surface area (TPSA) is 68.3 Å². The van der Waals surface area contributed by atoms with Crippen LogP contribution < -0.4 is 0 Å². The molecule has 1 aromatic carbocycles. The van der Waals surface area contributed by atoms with Crippen LogP contribution in [0.4, 0.5) is 5.69 Å². The molecule has 1 unspecified atom stereocenters. The van der Waals surface area contributed by atoms with E-state index in [9.17, 15) is 4.79 Å². The molecule has 0 saturated carbocycles. The molecular formula is C12H9N3O2. The predicted octanol–water partition coefficient (Wildman–Crippen LogP) is 1.88. The lowest BCUT2D eigenvalue weighted by Crippen LogP contribution is -2.14. The molecule has 0 saturated heterocycles. The van der Waals surface area contributed by atoms with Crippen molar-refractivity contribution < 1.29 is 9.32 Å². The Hall–Kier alpha value is -2.30. The van der Waals surface area contributed by atoms with Crippen molar-refractivity contribution in [2.75, 3.05) is 0 Å². The molecule has 2 heterocycles. The second-order valence-corrected chi connectivity index (χ2v) is 3.87. The minimum absolute atomic E-state index is 0.00449. The number of benzene rings is 1. The van der Waals surface area contributed by atoms with Gasteiger partial charge < -0.3 is 4.52 Å². The van der Waals surface area contributed by atoms with Gasteiger partial charge in [-0.3, -0.25) is 4.79 Å². The molecule has 0 fully saturated rings. The first-order chi connectivity index (χ1) is 8.38. The monoisotopic (exact) mass is 227 g/mol. The highest BCUT2D eigenvalue weighted by atomic mass is 16.5. The number of hydrogen-bond donors (Lipinski definition) is 0. The van der Waals surface area contributed by atoms with Gasteiger partial charge in [0.25, 0.3) is 0 Å². The molecule has 0 bridgehead atoms. The Labute approximate surface area is 97.2 Å². The number of nitrogens with zero attached hydrogens (tertiary/aromatic N) is 3. The van der Waals surface area contributed by atoms with Crippen LogP contribution in [-0.2, 0) is 4.79 Å². The van der Waals surface area contributed by atoms with Crippen molar-refractivity contribution in [1.29, 1.82) is 0 Å². The summed E-state index contributed by atoms with van der Waals surface area (Å²) in [7, 11) is 0. The zero-order valence-electron chi connectivity index (χ0n) is 8.91. The number of carbonyl (C=O) groups is 1. The van der Waals surface area contributed by atoms with Gasteiger partial charge in [-0.05, 0) is 11.6 Å². The number of rotatable bonds is 2. The maximum Gasteiger partial charge on any atom is 0.164 e. The second-order valence-electron chi connectivity index (χ2n) is 3.87. The summed E-state index contributed by atoms with van der Waals surface area (Å²) >= 11 is 0. The summed E-state index contributed by atoms with van der Waals surface area (Å²) in [5.41, 5.74) is 3.12. The fourth-order valence-electron chi connectivity index (χ4n) is 2.07. The van der Waals surface area contributed by atoms with Gasteiger partial charge in [-0.1, -0.05) is 18.2 Å². The van der Waals surface area contributed by atoms with E-state index in [1.54, 1.807) is 0 Å². The Kier molecular flexibility index (Phi) is 2.29. The minimum atomic E-state index is -0.00449. The van der Waals surface area contributed by atoms with Crippen LogP contribution in [0.5, 0.6) is 0 Å². The van der Waals surface area contributed by atoms with Gasteiger partial charge in [0.2, 0.25) is 0 Å². The molecule has 0 amide bonds. The Morgan fingerprint density at radius 3 is 3.00 bits per heavy atom. The Morgan fingerprint density at radius 1 is 1.35 bits per heavy atom. The van der Waals surface area contributed by atoms with Gasteiger partial charge >= 0.3 is 0 Å². The largest absolute Gasteiger partial charge is 0.345 e. The van der Waals surface area contributed by atoms with E-state index in [1.165, 1.54) is 6.26 Å². The van der Waals surface area contributed by atoms with Crippen molar-refractivity contribution in [3.8, 4) is 0 Å². The van der Waals surface area contributed by atoms with Gasteiger partial charge in [0.1, 0.15) is 12.0 Å². The van der Waals surface area contributed by atoms with E-state index in [-0.39, 0.29) is 5.92 Å². The quantitative estimate of drug-likeness (QED) is 0.734. The molecule has 0 spiro atoms. The van der Waals surface area contributed by atoms with Crippen molar-refractivity contribution in [2.45, 2.75) is 12.3 Å². The van der Waals surface area contributed by atoms with E-state index in [1.807, 2.05) is 24.3 Å².